The average Bonchev–Trinajstić information content (AvgIpc) is 2.43. The number of aromatic hydroxyl groups is 3. The molecule has 0 aliphatic heterocycles. The maximum atomic E-state index is 11.1. The number of hydrogen-bond donors (Lipinski definition) is 5. The highest BCUT2D eigenvalue weighted by Gasteiger charge is 2.11. The number of nitrogens with one attached hydrogen (secondary N) is 1. The van der Waals surface area contributed by atoms with Gasteiger partial charge in [0.15, 0.2) is 11.5 Å². The van der Waals surface area contributed by atoms with Crippen LogP contribution in [0.3, 0.4) is 0 Å². The number of phenolic OH excluding ortho intramolecular Hbond substituents is 3. The van der Waals surface area contributed by atoms with Gasteiger partial charge in [-0.3, -0.25) is 0 Å². The molecule has 0 heterocycles. The molecule has 0 aromatic heterocycles. The van der Waals surface area contributed by atoms with Crippen LogP contribution in [0.15, 0.2) is 41.3 Å². The van der Waals surface area contributed by atoms with Gasteiger partial charge in [0.25, 0.3) is 0 Å². The van der Waals surface area contributed by atoms with Crippen LogP contribution in [0.25, 0.3) is 0 Å². The Kier molecular flexibility index (Phi) is 3.92. The van der Waals surface area contributed by atoms with Gasteiger partial charge in [-0.15, -0.1) is 0 Å². The third-order valence-electron chi connectivity index (χ3n) is 2.88. The van der Waals surface area contributed by atoms with Crippen molar-refractivity contribution in [3.8, 4) is 17.2 Å². The maximum absolute atomic E-state index is 11.1. The van der Waals surface area contributed by atoms with E-state index in [2.05, 4.69) is 5.32 Å². The maximum Gasteiger partial charge on any atom is 0.238 e. The van der Waals surface area contributed by atoms with E-state index in [0.717, 1.165) is 0 Å². The summed E-state index contributed by atoms with van der Waals surface area (Å²) in [5, 5.41) is 36.2. The van der Waals surface area contributed by atoms with Gasteiger partial charge in [-0.1, -0.05) is 0 Å². The lowest BCUT2D eigenvalue weighted by atomic mass is 10.1. The largest absolute Gasteiger partial charge is 0.504 e. The number of rotatable bonds is 4. The molecule has 112 valence electrons. The quantitative estimate of drug-likeness (QED) is 0.536. The van der Waals surface area contributed by atoms with Crippen LogP contribution in [0.5, 0.6) is 17.2 Å². The molecule has 0 aliphatic rings. The Morgan fingerprint density at radius 3 is 2.14 bits per heavy atom. The SMILES string of the molecule is NS(=O)(=O)c1ccc(NCc2ccc(O)c(O)c2O)cc1. The molecule has 2 rings (SSSR count). The molecule has 0 radical (unpaired) electrons. The smallest absolute Gasteiger partial charge is 0.238 e. The lowest BCUT2D eigenvalue weighted by molar-refractivity contribution is 0.365. The Balaban J connectivity index is 2.12. The minimum atomic E-state index is -3.73. The van der Waals surface area contributed by atoms with Crippen molar-refractivity contribution in [1.82, 2.24) is 0 Å². The number of phenols is 3. The first-order chi connectivity index (χ1) is 9.79. The minimum absolute atomic E-state index is 0.00169. The van der Waals surface area contributed by atoms with Gasteiger partial charge in [0.05, 0.1) is 4.90 Å². The molecular formula is C13H14N2O5S. The number of anilines is 1. The second kappa shape index (κ2) is 5.51. The molecule has 0 saturated carbocycles. The van der Waals surface area contributed by atoms with Crippen molar-refractivity contribution in [2.24, 2.45) is 5.14 Å². The summed E-state index contributed by atoms with van der Waals surface area (Å²) in [5.41, 5.74) is 0.982. The Bertz CT molecular complexity index is 757. The van der Waals surface area contributed by atoms with Crippen molar-refractivity contribution in [2.75, 3.05) is 5.32 Å². The van der Waals surface area contributed by atoms with Crippen LogP contribution in [0.4, 0.5) is 5.69 Å². The number of hydrogen-bond acceptors (Lipinski definition) is 6. The van der Waals surface area contributed by atoms with Gasteiger partial charge in [-0.2, -0.15) is 0 Å². The summed E-state index contributed by atoms with van der Waals surface area (Å²) in [6.45, 7) is 0.175. The Morgan fingerprint density at radius 1 is 0.952 bits per heavy atom. The third-order valence-corrected chi connectivity index (χ3v) is 3.81. The number of sulfonamides is 1. The lowest BCUT2D eigenvalue weighted by Gasteiger charge is -2.10. The summed E-state index contributed by atoms with van der Waals surface area (Å²) in [5.74, 6) is -1.41. The summed E-state index contributed by atoms with van der Waals surface area (Å²) in [6.07, 6.45) is 0. The van der Waals surface area contributed by atoms with Crippen LogP contribution >= 0.6 is 0 Å². The average molecular weight is 310 g/mol. The van der Waals surface area contributed by atoms with E-state index in [4.69, 9.17) is 5.14 Å². The van der Waals surface area contributed by atoms with Crippen molar-refractivity contribution in [3.63, 3.8) is 0 Å². The van der Waals surface area contributed by atoms with Crippen molar-refractivity contribution in [3.05, 3.63) is 42.0 Å². The molecule has 6 N–H and O–H groups in total. The topological polar surface area (TPSA) is 133 Å². The molecule has 0 amide bonds. The molecule has 0 bridgehead atoms. The van der Waals surface area contributed by atoms with Gasteiger partial charge >= 0.3 is 0 Å². The monoisotopic (exact) mass is 310 g/mol. The highest BCUT2D eigenvalue weighted by atomic mass is 32.2. The van der Waals surface area contributed by atoms with Gasteiger partial charge in [-0.25, -0.2) is 13.6 Å². The van der Waals surface area contributed by atoms with Crippen LogP contribution in [0.1, 0.15) is 5.56 Å². The molecule has 0 saturated heterocycles. The fraction of sp³-hybridized carbons (Fsp3) is 0.0769. The molecular weight excluding hydrogens is 296 g/mol. The Labute approximate surface area is 121 Å². The van der Waals surface area contributed by atoms with Gasteiger partial charge in [0, 0.05) is 17.8 Å². The summed E-state index contributed by atoms with van der Waals surface area (Å²) < 4.78 is 22.2. The molecule has 0 atom stereocenters. The molecule has 0 unspecified atom stereocenters. The molecule has 0 aliphatic carbocycles. The predicted molar refractivity (Wildman–Crippen MR) is 76.6 cm³/mol. The van der Waals surface area contributed by atoms with Crippen LogP contribution in [-0.4, -0.2) is 23.7 Å². The second-order valence-electron chi connectivity index (χ2n) is 4.36. The molecule has 0 spiro atoms. The van der Waals surface area contributed by atoms with Gasteiger partial charge in [0.1, 0.15) is 0 Å². The highest BCUT2D eigenvalue weighted by molar-refractivity contribution is 7.89. The van der Waals surface area contributed by atoms with Gasteiger partial charge in [0.2, 0.25) is 15.8 Å². The number of nitrogens with two attached hydrogens (primary N) is 1. The minimum Gasteiger partial charge on any atom is -0.504 e. The van der Waals surface area contributed by atoms with E-state index in [0.29, 0.717) is 11.3 Å². The first-order valence-corrected chi connectivity index (χ1v) is 7.43. The van der Waals surface area contributed by atoms with Crippen LogP contribution in [0, 0.1) is 0 Å². The Hall–Kier alpha value is -2.45. The first-order valence-electron chi connectivity index (χ1n) is 5.88. The van der Waals surface area contributed by atoms with Crippen molar-refractivity contribution < 1.29 is 23.7 Å². The zero-order chi connectivity index (χ0) is 15.6. The normalized spacial score (nSPS) is 11.3. The van der Waals surface area contributed by atoms with Crippen LogP contribution in [0.2, 0.25) is 0 Å². The van der Waals surface area contributed by atoms with Crippen molar-refractivity contribution in [2.45, 2.75) is 11.4 Å². The van der Waals surface area contributed by atoms with E-state index >= 15 is 0 Å². The van der Waals surface area contributed by atoms with Gasteiger partial charge in [-0.05, 0) is 36.4 Å². The van der Waals surface area contributed by atoms with Gasteiger partial charge < -0.3 is 20.6 Å². The Morgan fingerprint density at radius 2 is 1.57 bits per heavy atom. The summed E-state index contributed by atoms with van der Waals surface area (Å²) in [7, 11) is -3.73. The molecule has 8 heteroatoms. The summed E-state index contributed by atoms with van der Waals surface area (Å²) in [6, 6.07) is 8.47. The van der Waals surface area contributed by atoms with E-state index in [1.54, 1.807) is 0 Å². The van der Waals surface area contributed by atoms with E-state index in [9.17, 15) is 23.7 Å². The van der Waals surface area contributed by atoms with Crippen LogP contribution < -0.4 is 10.5 Å². The highest BCUT2D eigenvalue weighted by Crippen LogP contribution is 2.37. The van der Waals surface area contributed by atoms with Crippen molar-refractivity contribution >= 4 is 15.7 Å². The molecule has 2 aromatic carbocycles. The lowest BCUT2D eigenvalue weighted by Crippen LogP contribution is -2.12. The zero-order valence-electron chi connectivity index (χ0n) is 10.8. The predicted octanol–water partition coefficient (Wildman–Crippen LogP) is 1.06. The zero-order valence-corrected chi connectivity index (χ0v) is 11.6. The molecule has 0 fully saturated rings. The van der Waals surface area contributed by atoms with E-state index in [1.807, 2.05) is 0 Å². The first kappa shape index (κ1) is 14.9. The third kappa shape index (κ3) is 3.36. The summed E-state index contributed by atoms with van der Waals surface area (Å²) in [4.78, 5) is -0.00169. The van der Waals surface area contributed by atoms with E-state index in [-0.39, 0.29) is 11.4 Å². The molecule has 2 aromatic rings. The molecule has 7 nitrogen and oxygen atoms in total. The van der Waals surface area contributed by atoms with Crippen LogP contribution in [-0.2, 0) is 16.6 Å². The summed E-state index contributed by atoms with van der Waals surface area (Å²) >= 11 is 0. The number of primary sulfonamides is 1. The molecule has 21 heavy (non-hydrogen) atoms. The fourth-order valence-electron chi connectivity index (χ4n) is 1.71. The fourth-order valence-corrected chi connectivity index (χ4v) is 2.23. The van der Waals surface area contributed by atoms with E-state index in [1.165, 1.54) is 36.4 Å². The number of benzene rings is 2. The van der Waals surface area contributed by atoms with E-state index < -0.39 is 27.3 Å². The second-order valence-corrected chi connectivity index (χ2v) is 5.93. The van der Waals surface area contributed by atoms with Crippen molar-refractivity contribution in [1.29, 1.82) is 0 Å². The standard InChI is InChI=1S/C13H14N2O5S/c14-21(19,20)10-4-2-9(3-5-10)15-7-8-1-6-11(16)13(18)12(8)17/h1-6,15-18H,7H2,(H2,14,19,20).